The first-order valence-electron chi connectivity index (χ1n) is 7.79. The Morgan fingerprint density at radius 2 is 1.88 bits per heavy atom. The molecule has 2 N–H and O–H groups in total. The molecule has 24 heavy (non-hydrogen) atoms. The average molecular weight is 326 g/mol. The molecule has 1 aromatic carbocycles. The van der Waals surface area contributed by atoms with E-state index in [1.165, 1.54) is 13.2 Å². The fourth-order valence-electron chi connectivity index (χ4n) is 2.54. The van der Waals surface area contributed by atoms with Gasteiger partial charge in [0.2, 0.25) is 5.91 Å². The van der Waals surface area contributed by atoms with Crippen LogP contribution in [0, 0.1) is 6.92 Å². The van der Waals surface area contributed by atoms with Gasteiger partial charge in [0.15, 0.2) is 0 Å². The van der Waals surface area contributed by atoms with Crippen molar-refractivity contribution >= 4 is 23.6 Å². The number of hydrogen-bond acceptors (Lipinski definition) is 3. The highest BCUT2D eigenvalue weighted by Gasteiger charge is 2.20. The molecular formula is C19H22N2O3. The van der Waals surface area contributed by atoms with E-state index in [4.69, 9.17) is 4.74 Å². The number of methoxy groups -OCH3 is 1. The van der Waals surface area contributed by atoms with Gasteiger partial charge in [0.25, 0.3) is 0 Å². The summed E-state index contributed by atoms with van der Waals surface area (Å²) in [6.45, 7) is 6.00. The van der Waals surface area contributed by atoms with Crippen molar-refractivity contribution in [3.63, 3.8) is 0 Å². The van der Waals surface area contributed by atoms with Crippen LogP contribution in [0.4, 0.5) is 5.69 Å². The van der Waals surface area contributed by atoms with Crippen molar-refractivity contribution in [3.8, 4) is 0 Å². The zero-order valence-corrected chi connectivity index (χ0v) is 14.3. The van der Waals surface area contributed by atoms with Crippen LogP contribution in [-0.2, 0) is 9.53 Å². The summed E-state index contributed by atoms with van der Waals surface area (Å²) in [5, 5.41) is 2.77. The van der Waals surface area contributed by atoms with Crippen LogP contribution in [0.3, 0.4) is 0 Å². The zero-order chi connectivity index (χ0) is 17.7. The highest BCUT2D eigenvalue weighted by atomic mass is 16.5. The van der Waals surface area contributed by atoms with E-state index in [0.29, 0.717) is 16.9 Å². The highest BCUT2D eigenvalue weighted by Crippen LogP contribution is 2.26. The molecule has 0 unspecified atom stereocenters. The average Bonchev–Trinajstić information content (AvgIpc) is 2.90. The first-order valence-corrected chi connectivity index (χ1v) is 7.79. The van der Waals surface area contributed by atoms with Gasteiger partial charge < -0.3 is 15.0 Å². The fourth-order valence-corrected chi connectivity index (χ4v) is 2.54. The number of aromatic amines is 1. The maximum Gasteiger partial charge on any atom is 0.355 e. The number of carbonyl (C=O) groups is 2. The number of hydrogen-bond donors (Lipinski definition) is 2. The normalized spacial score (nSPS) is 11.0. The first-order chi connectivity index (χ1) is 11.4. The Labute approximate surface area is 141 Å². The maximum atomic E-state index is 12.1. The van der Waals surface area contributed by atoms with Gasteiger partial charge in [-0.3, -0.25) is 4.79 Å². The molecule has 2 rings (SSSR count). The van der Waals surface area contributed by atoms with Gasteiger partial charge >= 0.3 is 5.97 Å². The molecule has 0 fully saturated rings. The maximum absolute atomic E-state index is 12.1. The summed E-state index contributed by atoms with van der Waals surface area (Å²) < 4.78 is 4.82. The third-order valence-corrected chi connectivity index (χ3v) is 3.75. The highest BCUT2D eigenvalue weighted by molar-refractivity contribution is 6.03. The number of para-hydroxylation sites is 1. The van der Waals surface area contributed by atoms with E-state index in [-0.39, 0.29) is 11.8 Å². The second-order valence-corrected chi connectivity index (χ2v) is 5.79. The molecule has 0 aliphatic heterocycles. The standard InChI is InChI=1S/C19H22N2O3/c1-12(2)17-13(3)15(18(21-17)19(23)24-4)10-11-16(22)20-14-8-6-5-7-9-14/h5-12,21H,1-4H3,(H,20,22)/b11-10+. The lowest BCUT2D eigenvalue weighted by Gasteiger charge is -2.03. The van der Waals surface area contributed by atoms with Crippen LogP contribution in [0.15, 0.2) is 36.4 Å². The van der Waals surface area contributed by atoms with E-state index in [1.54, 1.807) is 6.08 Å². The van der Waals surface area contributed by atoms with Crippen molar-refractivity contribution in [2.45, 2.75) is 26.7 Å². The largest absolute Gasteiger partial charge is 0.464 e. The number of H-pyrrole nitrogens is 1. The summed E-state index contributed by atoms with van der Waals surface area (Å²) in [5.41, 5.74) is 3.65. The molecule has 126 valence electrons. The molecule has 0 atom stereocenters. The number of rotatable bonds is 5. The lowest BCUT2D eigenvalue weighted by Crippen LogP contribution is -2.08. The molecule has 1 amide bonds. The Morgan fingerprint density at radius 3 is 2.46 bits per heavy atom. The summed E-state index contributed by atoms with van der Waals surface area (Å²) in [4.78, 5) is 27.2. The van der Waals surface area contributed by atoms with Gasteiger partial charge in [0.1, 0.15) is 5.69 Å². The number of amides is 1. The van der Waals surface area contributed by atoms with Crippen molar-refractivity contribution in [3.05, 3.63) is 58.9 Å². The molecule has 0 aliphatic rings. The van der Waals surface area contributed by atoms with Crippen molar-refractivity contribution in [1.82, 2.24) is 4.98 Å². The minimum atomic E-state index is -0.451. The first kappa shape index (κ1) is 17.5. The quantitative estimate of drug-likeness (QED) is 0.647. The molecule has 5 heteroatoms. The van der Waals surface area contributed by atoms with E-state index < -0.39 is 5.97 Å². The smallest absolute Gasteiger partial charge is 0.355 e. The Morgan fingerprint density at radius 1 is 1.21 bits per heavy atom. The lowest BCUT2D eigenvalue weighted by atomic mass is 10.0. The third kappa shape index (κ3) is 3.93. The molecule has 1 heterocycles. The number of anilines is 1. The van der Waals surface area contributed by atoms with Crippen molar-refractivity contribution in [1.29, 1.82) is 0 Å². The van der Waals surface area contributed by atoms with Crippen molar-refractivity contribution in [2.24, 2.45) is 0 Å². The summed E-state index contributed by atoms with van der Waals surface area (Å²) in [7, 11) is 1.34. The van der Waals surface area contributed by atoms with Gasteiger partial charge in [-0.05, 0) is 36.6 Å². The van der Waals surface area contributed by atoms with Gasteiger partial charge in [0.05, 0.1) is 7.11 Å². The summed E-state index contributed by atoms with van der Waals surface area (Å²) in [6.07, 6.45) is 3.06. The number of aromatic nitrogens is 1. The van der Waals surface area contributed by atoms with Crippen LogP contribution < -0.4 is 5.32 Å². The number of ether oxygens (including phenoxy) is 1. The predicted octanol–water partition coefficient (Wildman–Crippen LogP) is 3.89. The number of nitrogens with one attached hydrogen (secondary N) is 2. The van der Waals surface area contributed by atoms with Gasteiger partial charge in [0, 0.05) is 23.0 Å². The molecule has 2 aromatic rings. The van der Waals surface area contributed by atoms with Crippen LogP contribution in [0.1, 0.15) is 47.1 Å². The summed E-state index contributed by atoms with van der Waals surface area (Å²) >= 11 is 0. The van der Waals surface area contributed by atoms with Crippen LogP contribution >= 0.6 is 0 Å². The zero-order valence-electron chi connectivity index (χ0n) is 14.3. The number of carbonyl (C=O) groups excluding carboxylic acids is 2. The van der Waals surface area contributed by atoms with Crippen LogP contribution in [0.5, 0.6) is 0 Å². The van der Waals surface area contributed by atoms with E-state index in [9.17, 15) is 9.59 Å². The van der Waals surface area contributed by atoms with Crippen LogP contribution in [-0.4, -0.2) is 24.0 Å². The van der Waals surface area contributed by atoms with E-state index >= 15 is 0 Å². The molecule has 0 radical (unpaired) electrons. The number of benzene rings is 1. The lowest BCUT2D eigenvalue weighted by molar-refractivity contribution is -0.111. The molecule has 0 saturated heterocycles. The molecule has 0 aliphatic carbocycles. The van der Waals surface area contributed by atoms with Gasteiger partial charge in [-0.2, -0.15) is 0 Å². The Balaban J connectivity index is 2.27. The minimum Gasteiger partial charge on any atom is -0.464 e. The molecular weight excluding hydrogens is 304 g/mol. The van der Waals surface area contributed by atoms with Gasteiger partial charge in [-0.15, -0.1) is 0 Å². The minimum absolute atomic E-state index is 0.230. The van der Waals surface area contributed by atoms with Crippen molar-refractivity contribution in [2.75, 3.05) is 12.4 Å². The topological polar surface area (TPSA) is 71.2 Å². The number of esters is 1. The second-order valence-electron chi connectivity index (χ2n) is 5.79. The van der Waals surface area contributed by atoms with E-state index in [0.717, 1.165) is 11.3 Å². The fraction of sp³-hybridized carbons (Fsp3) is 0.263. The second kappa shape index (κ2) is 7.64. The Bertz CT molecular complexity index is 758. The summed E-state index contributed by atoms with van der Waals surface area (Å²) in [5.74, 6) is -0.481. The predicted molar refractivity (Wildman–Crippen MR) is 95.1 cm³/mol. The SMILES string of the molecule is COC(=O)c1[nH]c(C(C)C)c(C)c1/C=C/C(=O)Nc1ccccc1. The molecule has 0 saturated carbocycles. The van der Waals surface area contributed by atoms with Gasteiger partial charge in [-0.25, -0.2) is 4.79 Å². The Kier molecular flexibility index (Phi) is 5.58. The Hall–Kier alpha value is -2.82. The molecule has 0 spiro atoms. The van der Waals surface area contributed by atoms with Crippen LogP contribution in [0.25, 0.3) is 6.08 Å². The third-order valence-electron chi connectivity index (χ3n) is 3.75. The monoisotopic (exact) mass is 326 g/mol. The summed E-state index contributed by atoms with van der Waals surface area (Å²) in [6, 6.07) is 9.19. The van der Waals surface area contributed by atoms with E-state index in [2.05, 4.69) is 10.3 Å². The van der Waals surface area contributed by atoms with Gasteiger partial charge in [-0.1, -0.05) is 32.0 Å². The molecule has 0 bridgehead atoms. The van der Waals surface area contributed by atoms with Crippen molar-refractivity contribution < 1.29 is 14.3 Å². The van der Waals surface area contributed by atoms with E-state index in [1.807, 2.05) is 51.1 Å². The molecule has 5 nitrogen and oxygen atoms in total. The van der Waals surface area contributed by atoms with Crippen LogP contribution in [0.2, 0.25) is 0 Å². The molecule has 1 aromatic heterocycles.